The van der Waals surface area contributed by atoms with Crippen LogP contribution in [0, 0.1) is 24.7 Å². The van der Waals surface area contributed by atoms with E-state index < -0.39 is 9.84 Å². The molecule has 46 heavy (non-hydrogen) atoms. The smallest absolute Gasteiger partial charge is 0.331 e. The van der Waals surface area contributed by atoms with Crippen LogP contribution in [0.2, 0.25) is 0 Å². The molecule has 4 aliphatic carbocycles. The molecule has 0 unspecified atom stereocenters. The molecular weight excluding hydrogens is 598 g/mol. The predicted octanol–water partition coefficient (Wildman–Crippen LogP) is 5.60. The van der Waals surface area contributed by atoms with Crippen molar-refractivity contribution >= 4 is 44.7 Å². The zero-order valence-corrected chi connectivity index (χ0v) is 27.8. The van der Waals surface area contributed by atoms with Crippen LogP contribution in [-0.4, -0.2) is 74.3 Å². The monoisotopic (exact) mass is 641 g/mol. The second-order valence-electron chi connectivity index (χ2n) is 14.5. The summed E-state index contributed by atoms with van der Waals surface area (Å²) < 4.78 is 25.9. The van der Waals surface area contributed by atoms with E-state index in [0.29, 0.717) is 35.2 Å². The zero-order valence-electron chi connectivity index (χ0n) is 26.9. The number of sulfone groups is 1. The fraction of sp³-hybridized carbons (Fsp3) is 0.514. The molecule has 10 nitrogen and oxygen atoms in total. The van der Waals surface area contributed by atoms with Gasteiger partial charge in [-0.1, -0.05) is 12.1 Å². The molecule has 0 spiro atoms. The molecule has 1 N–H and O–H groups in total. The molecule has 11 heteroatoms. The standard InChI is InChI=1S/C35H43N7O3S/c1-23-5-4-6-30(46(3,44)45)31(23)41-22-27-21-36-33(37-28-7-9-29(10-8-28)40-13-11-39(2)12-14-40)38-32(27)42(34(41)43)35-18-24-15-25(19-35)17-26(16-24)20-35/h4-10,21,24-26H,11-20,22H2,1-3H3,(H,36,37,38). The number of carbonyl (C=O) groups excluding carboxylic acids is 1. The summed E-state index contributed by atoms with van der Waals surface area (Å²) in [6.07, 6.45) is 9.65. The Hall–Kier alpha value is -3.70. The van der Waals surface area contributed by atoms with Crippen molar-refractivity contribution in [2.24, 2.45) is 17.8 Å². The molecule has 3 heterocycles. The first-order chi connectivity index (χ1) is 22.1. The highest BCUT2D eigenvalue weighted by atomic mass is 32.2. The van der Waals surface area contributed by atoms with Gasteiger partial charge in [-0.05, 0) is 106 Å². The first kappa shape index (κ1) is 29.7. The molecule has 0 atom stereocenters. The molecule has 6 aliphatic rings. The number of fused-ring (bicyclic) bond motifs is 1. The quantitative estimate of drug-likeness (QED) is 0.371. The molecule has 242 valence electrons. The van der Waals surface area contributed by atoms with Gasteiger partial charge < -0.3 is 15.1 Å². The van der Waals surface area contributed by atoms with E-state index >= 15 is 0 Å². The number of hydrogen-bond donors (Lipinski definition) is 1. The van der Waals surface area contributed by atoms with Crippen LogP contribution in [0.25, 0.3) is 0 Å². The van der Waals surface area contributed by atoms with Gasteiger partial charge in [0.05, 0.1) is 22.7 Å². The normalized spacial score (nSPS) is 27.7. The highest BCUT2D eigenvalue weighted by molar-refractivity contribution is 7.90. The van der Waals surface area contributed by atoms with E-state index in [4.69, 9.17) is 9.97 Å². The molecule has 5 fully saturated rings. The van der Waals surface area contributed by atoms with Crippen LogP contribution in [0.4, 0.5) is 33.6 Å². The molecular formula is C35H43N7O3S. The summed E-state index contributed by atoms with van der Waals surface area (Å²) in [5, 5.41) is 3.40. The lowest BCUT2D eigenvalue weighted by atomic mass is 9.52. The minimum absolute atomic E-state index is 0.175. The van der Waals surface area contributed by atoms with E-state index in [2.05, 4.69) is 46.4 Å². The molecule has 1 saturated heterocycles. The minimum atomic E-state index is -3.58. The van der Waals surface area contributed by atoms with Gasteiger partial charge in [0.15, 0.2) is 9.84 Å². The maximum Gasteiger partial charge on any atom is 0.331 e. The lowest BCUT2D eigenvalue weighted by Crippen LogP contribution is -2.65. The van der Waals surface area contributed by atoms with Crippen molar-refractivity contribution < 1.29 is 13.2 Å². The first-order valence-electron chi connectivity index (χ1n) is 16.6. The number of para-hydroxylation sites is 1. The van der Waals surface area contributed by atoms with Crippen LogP contribution in [-0.2, 0) is 16.4 Å². The SMILES string of the molecule is Cc1cccc(S(C)(=O)=O)c1N1Cc2cnc(Nc3ccc(N4CCN(C)CC4)cc3)nc2N(C23CC4CC(CC(C4)C2)C3)C1=O. The Morgan fingerprint density at radius 3 is 2.20 bits per heavy atom. The maximum absolute atomic E-state index is 14.9. The van der Waals surface area contributed by atoms with Crippen molar-refractivity contribution in [3.63, 3.8) is 0 Å². The molecule has 2 aromatic carbocycles. The van der Waals surface area contributed by atoms with Crippen LogP contribution in [0.15, 0.2) is 53.6 Å². The van der Waals surface area contributed by atoms with Gasteiger partial charge >= 0.3 is 6.03 Å². The van der Waals surface area contributed by atoms with E-state index in [1.807, 2.05) is 24.1 Å². The highest BCUT2D eigenvalue weighted by Crippen LogP contribution is 2.59. The van der Waals surface area contributed by atoms with Crippen molar-refractivity contribution in [1.29, 1.82) is 0 Å². The molecule has 4 bridgehead atoms. The summed E-state index contributed by atoms with van der Waals surface area (Å²) in [6.45, 7) is 6.22. The Bertz CT molecular complexity index is 1750. The molecule has 3 aromatic rings. The van der Waals surface area contributed by atoms with E-state index in [0.717, 1.165) is 62.3 Å². The van der Waals surface area contributed by atoms with Gasteiger partial charge in [-0.15, -0.1) is 0 Å². The third kappa shape index (κ3) is 5.12. The lowest BCUT2D eigenvalue weighted by molar-refractivity contribution is -0.000912. The zero-order chi connectivity index (χ0) is 31.8. The lowest BCUT2D eigenvalue weighted by Gasteiger charge is -2.61. The number of carbonyl (C=O) groups is 1. The molecule has 0 radical (unpaired) electrons. The third-order valence-electron chi connectivity index (χ3n) is 11.1. The van der Waals surface area contributed by atoms with Crippen molar-refractivity contribution in [1.82, 2.24) is 14.9 Å². The summed E-state index contributed by atoms with van der Waals surface area (Å²) in [7, 11) is -1.42. The third-order valence-corrected chi connectivity index (χ3v) is 12.3. The molecule has 2 aliphatic heterocycles. The first-order valence-corrected chi connectivity index (χ1v) is 18.5. The summed E-state index contributed by atoms with van der Waals surface area (Å²) in [4.78, 5) is 33.2. The summed E-state index contributed by atoms with van der Waals surface area (Å²) in [5.74, 6) is 2.95. The van der Waals surface area contributed by atoms with Crippen LogP contribution < -0.4 is 20.0 Å². The average molecular weight is 642 g/mol. The van der Waals surface area contributed by atoms with Crippen LogP contribution in [0.5, 0.6) is 0 Å². The van der Waals surface area contributed by atoms with Crippen LogP contribution in [0.3, 0.4) is 0 Å². The number of hydrogen-bond acceptors (Lipinski definition) is 8. The Balaban J connectivity index is 1.16. The maximum atomic E-state index is 14.9. The Morgan fingerprint density at radius 2 is 1.57 bits per heavy atom. The highest BCUT2D eigenvalue weighted by Gasteiger charge is 2.57. The number of rotatable bonds is 6. The number of aromatic nitrogens is 2. The fourth-order valence-corrected chi connectivity index (χ4v) is 10.3. The molecule has 2 amide bonds. The number of anilines is 5. The van der Waals surface area contributed by atoms with Gasteiger partial charge in [0.25, 0.3) is 0 Å². The molecule has 1 aromatic heterocycles. The predicted molar refractivity (Wildman–Crippen MR) is 181 cm³/mol. The number of nitrogens with one attached hydrogen (secondary N) is 1. The number of nitrogens with zero attached hydrogens (tertiary/aromatic N) is 6. The van der Waals surface area contributed by atoms with E-state index in [1.54, 1.807) is 17.0 Å². The van der Waals surface area contributed by atoms with Crippen molar-refractivity contribution in [2.45, 2.75) is 62.4 Å². The van der Waals surface area contributed by atoms with Gasteiger partial charge in [-0.2, -0.15) is 4.98 Å². The van der Waals surface area contributed by atoms with Gasteiger partial charge in [-0.25, -0.2) is 18.2 Å². The number of aryl methyl sites for hydroxylation is 1. The fourth-order valence-electron chi connectivity index (χ4n) is 9.38. The topological polar surface area (TPSA) is 102 Å². The molecule has 9 rings (SSSR count). The van der Waals surface area contributed by atoms with E-state index in [9.17, 15) is 13.2 Å². The largest absolute Gasteiger partial charge is 0.369 e. The second-order valence-corrected chi connectivity index (χ2v) is 16.5. The van der Waals surface area contributed by atoms with Crippen LogP contribution >= 0.6 is 0 Å². The summed E-state index contributed by atoms with van der Waals surface area (Å²) in [5.41, 5.74) is 3.80. The Kier molecular flexibility index (Phi) is 7.06. The van der Waals surface area contributed by atoms with Gasteiger partial charge in [0.2, 0.25) is 5.95 Å². The van der Waals surface area contributed by atoms with Gasteiger partial charge in [-0.3, -0.25) is 9.80 Å². The van der Waals surface area contributed by atoms with Gasteiger partial charge in [0.1, 0.15) is 5.82 Å². The number of likely N-dealkylation sites (N-methyl/N-ethyl adjacent to an activating group) is 1. The van der Waals surface area contributed by atoms with Gasteiger partial charge in [0, 0.05) is 55.6 Å². The van der Waals surface area contributed by atoms with Crippen LogP contribution in [0.1, 0.15) is 49.7 Å². The number of piperazine rings is 1. The Labute approximate surface area is 271 Å². The van der Waals surface area contributed by atoms with E-state index in [-0.39, 0.29) is 23.0 Å². The number of amides is 2. The number of benzene rings is 2. The summed E-state index contributed by atoms with van der Waals surface area (Å²) >= 11 is 0. The number of urea groups is 1. The summed E-state index contributed by atoms with van der Waals surface area (Å²) in [6, 6.07) is 13.4. The second kappa shape index (κ2) is 10.9. The molecule has 4 saturated carbocycles. The Morgan fingerprint density at radius 1 is 0.913 bits per heavy atom. The minimum Gasteiger partial charge on any atom is -0.369 e. The van der Waals surface area contributed by atoms with Crippen molar-refractivity contribution in [3.8, 4) is 0 Å². The van der Waals surface area contributed by atoms with Crippen molar-refractivity contribution in [3.05, 3.63) is 59.8 Å². The van der Waals surface area contributed by atoms with Crippen molar-refractivity contribution in [2.75, 3.05) is 59.5 Å². The average Bonchev–Trinajstić information content (AvgIpc) is 3.00. The van der Waals surface area contributed by atoms with E-state index in [1.165, 1.54) is 31.2 Å².